The van der Waals surface area contributed by atoms with E-state index in [1.165, 1.54) is 25.3 Å². The molecule has 1 N–H and O–H groups in total. The van der Waals surface area contributed by atoms with Crippen molar-refractivity contribution >= 4 is 5.91 Å². The lowest BCUT2D eigenvalue weighted by Crippen LogP contribution is -2.45. The standard InChI is InChI=1S/C21H23FN4O3/c1-12-8-17(23-10-12)20-24-19(25-29-20)15-5-4-13(2)26(11-15)21(27)14-6-7-16(22)18(9-14)28-3/h6-10,13,15,23H,4-5,11H2,1-3H3/t13-,15+/m1/s1. The third-order valence-electron chi connectivity index (χ3n) is 5.41. The molecule has 2 aromatic heterocycles. The van der Waals surface area contributed by atoms with Crippen LogP contribution in [-0.4, -0.2) is 45.6 Å². The molecule has 1 fully saturated rings. The van der Waals surface area contributed by atoms with Gasteiger partial charge in [-0.15, -0.1) is 0 Å². The van der Waals surface area contributed by atoms with Crippen LogP contribution in [0.5, 0.6) is 5.75 Å². The minimum atomic E-state index is -0.493. The Morgan fingerprint density at radius 2 is 2.17 bits per heavy atom. The van der Waals surface area contributed by atoms with Crippen molar-refractivity contribution in [3.8, 4) is 17.3 Å². The van der Waals surface area contributed by atoms with Gasteiger partial charge in [0.25, 0.3) is 11.8 Å². The SMILES string of the molecule is COc1cc(C(=O)N2C[C@@H](c3noc(-c4cc(C)c[nH]4)n3)CC[C@H]2C)ccc1F. The second kappa shape index (κ2) is 7.69. The minimum Gasteiger partial charge on any atom is -0.494 e. The maximum absolute atomic E-state index is 13.7. The minimum absolute atomic E-state index is 0.0222. The van der Waals surface area contributed by atoms with Gasteiger partial charge in [0, 0.05) is 30.3 Å². The van der Waals surface area contributed by atoms with Crippen molar-refractivity contribution in [2.24, 2.45) is 0 Å². The number of likely N-dealkylation sites (tertiary alicyclic amines) is 1. The fourth-order valence-corrected chi connectivity index (χ4v) is 3.70. The summed E-state index contributed by atoms with van der Waals surface area (Å²) in [4.78, 5) is 22.5. The van der Waals surface area contributed by atoms with Crippen LogP contribution in [0.1, 0.15) is 47.4 Å². The highest BCUT2D eigenvalue weighted by Crippen LogP contribution is 2.31. The summed E-state index contributed by atoms with van der Waals surface area (Å²) in [6.07, 6.45) is 3.56. The van der Waals surface area contributed by atoms with Gasteiger partial charge in [-0.2, -0.15) is 4.98 Å². The van der Waals surface area contributed by atoms with Crippen LogP contribution < -0.4 is 4.74 Å². The summed E-state index contributed by atoms with van der Waals surface area (Å²) >= 11 is 0. The number of benzene rings is 1. The van der Waals surface area contributed by atoms with Crippen LogP contribution in [0.4, 0.5) is 4.39 Å². The average Bonchev–Trinajstić information content (AvgIpc) is 3.37. The van der Waals surface area contributed by atoms with Crippen LogP contribution in [0.25, 0.3) is 11.6 Å². The van der Waals surface area contributed by atoms with Crippen molar-refractivity contribution in [1.29, 1.82) is 0 Å². The third kappa shape index (κ3) is 3.74. The second-order valence-electron chi connectivity index (χ2n) is 7.48. The smallest absolute Gasteiger partial charge is 0.274 e. The van der Waals surface area contributed by atoms with E-state index in [2.05, 4.69) is 15.1 Å². The quantitative estimate of drug-likeness (QED) is 0.720. The Labute approximate surface area is 167 Å². The van der Waals surface area contributed by atoms with Crippen molar-refractivity contribution in [2.45, 2.75) is 38.6 Å². The van der Waals surface area contributed by atoms with Gasteiger partial charge in [-0.25, -0.2) is 4.39 Å². The second-order valence-corrected chi connectivity index (χ2v) is 7.48. The molecule has 1 aliphatic rings. The summed E-state index contributed by atoms with van der Waals surface area (Å²) < 4.78 is 24.1. The number of methoxy groups -OCH3 is 1. The Morgan fingerprint density at radius 1 is 1.34 bits per heavy atom. The van der Waals surface area contributed by atoms with E-state index in [1.807, 2.05) is 26.1 Å². The molecule has 0 unspecified atom stereocenters. The number of amides is 1. The average molecular weight is 398 g/mol. The lowest BCUT2D eigenvalue weighted by atomic mass is 9.92. The number of rotatable bonds is 4. The first-order chi connectivity index (χ1) is 14.0. The number of aryl methyl sites for hydroxylation is 1. The van der Waals surface area contributed by atoms with Gasteiger partial charge in [-0.3, -0.25) is 4.79 Å². The van der Waals surface area contributed by atoms with Crippen molar-refractivity contribution in [2.75, 3.05) is 13.7 Å². The highest BCUT2D eigenvalue weighted by molar-refractivity contribution is 5.95. The Morgan fingerprint density at radius 3 is 2.90 bits per heavy atom. The molecule has 3 aromatic rings. The third-order valence-corrected chi connectivity index (χ3v) is 5.41. The lowest BCUT2D eigenvalue weighted by molar-refractivity contribution is 0.0604. The Hall–Kier alpha value is -3.16. The van der Waals surface area contributed by atoms with E-state index >= 15 is 0 Å². The predicted molar refractivity (Wildman–Crippen MR) is 104 cm³/mol. The zero-order valence-corrected chi connectivity index (χ0v) is 16.6. The molecule has 4 rings (SSSR count). The number of halogens is 1. The van der Waals surface area contributed by atoms with Gasteiger partial charge in [0.15, 0.2) is 17.4 Å². The molecular formula is C21H23FN4O3. The van der Waals surface area contributed by atoms with Crippen molar-refractivity contribution in [3.63, 3.8) is 0 Å². The van der Waals surface area contributed by atoms with Crippen LogP contribution in [0.2, 0.25) is 0 Å². The Bertz CT molecular complexity index is 1030. The molecular weight excluding hydrogens is 375 g/mol. The number of H-pyrrole nitrogens is 1. The van der Waals surface area contributed by atoms with Gasteiger partial charge < -0.3 is 19.1 Å². The fourth-order valence-electron chi connectivity index (χ4n) is 3.70. The first-order valence-electron chi connectivity index (χ1n) is 9.59. The number of hydrogen-bond donors (Lipinski definition) is 1. The molecule has 0 bridgehead atoms. The molecule has 8 heteroatoms. The largest absolute Gasteiger partial charge is 0.494 e. The number of aromatic nitrogens is 3. The van der Waals surface area contributed by atoms with Crippen molar-refractivity contribution in [1.82, 2.24) is 20.0 Å². The van der Waals surface area contributed by atoms with Crippen LogP contribution >= 0.6 is 0 Å². The molecule has 2 atom stereocenters. The summed E-state index contributed by atoms with van der Waals surface area (Å²) in [5.41, 5.74) is 2.25. The fraction of sp³-hybridized carbons (Fsp3) is 0.381. The highest BCUT2D eigenvalue weighted by Gasteiger charge is 2.33. The van der Waals surface area contributed by atoms with E-state index in [-0.39, 0.29) is 23.6 Å². The molecule has 7 nitrogen and oxygen atoms in total. The number of nitrogens with one attached hydrogen (secondary N) is 1. The maximum atomic E-state index is 13.7. The van der Waals surface area contributed by atoms with Crippen LogP contribution in [0.3, 0.4) is 0 Å². The molecule has 152 valence electrons. The monoisotopic (exact) mass is 398 g/mol. The Kier molecular flexibility index (Phi) is 5.08. The van der Waals surface area contributed by atoms with Gasteiger partial charge in [-0.1, -0.05) is 5.16 Å². The summed E-state index contributed by atoms with van der Waals surface area (Å²) in [7, 11) is 1.38. The number of piperidine rings is 1. The van der Waals surface area contributed by atoms with Crippen LogP contribution in [0, 0.1) is 12.7 Å². The molecule has 0 radical (unpaired) electrons. The number of aromatic amines is 1. The molecule has 1 amide bonds. The first-order valence-corrected chi connectivity index (χ1v) is 9.59. The predicted octanol–water partition coefficient (Wildman–Crippen LogP) is 3.93. The summed E-state index contributed by atoms with van der Waals surface area (Å²) in [5, 5.41) is 4.14. The van der Waals surface area contributed by atoms with E-state index in [0.29, 0.717) is 23.8 Å². The van der Waals surface area contributed by atoms with Gasteiger partial charge >= 0.3 is 0 Å². The van der Waals surface area contributed by atoms with E-state index in [4.69, 9.17) is 9.26 Å². The highest BCUT2D eigenvalue weighted by atomic mass is 19.1. The van der Waals surface area contributed by atoms with E-state index < -0.39 is 5.82 Å². The number of carbonyl (C=O) groups excluding carboxylic acids is 1. The molecule has 1 saturated heterocycles. The number of nitrogens with zero attached hydrogens (tertiary/aromatic N) is 3. The molecule has 0 spiro atoms. The zero-order chi connectivity index (χ0) is 20.5. The van der Waals surface area contributed by atoms with Crippen LogP contribution in [-0.2, 0) is 0 Å². The number of carbonyl (C=O) groups is 1. The zero-order valence-electron chi connectivity index (χ0n) is 16.6. The van der Waals surface area contributed by atoms with Crippen molar-refractivity contribution in [3.05, 3.63) is 53.2 Å². The van der Waals surface area contributed by atoms with E-state index in [9.17, 15) is 9.18 Å². The topological polar surface area (TPSA) is 84.2 Å². The van der Waals surface area contributed by atoms with Crippen molar-refractivity contribution < 1.29 is 18.4 Å². The normalized spacial score (nSPS) is 19.4. The molecule has 29 heavy (non-hydrogen) atoms. The van der Waals surface area contributed by atoms with Gasteiger partial charge in [0.1, 0.15) is 5.69 Å². The summed E-state index contributed by atoms with van der Waals surface area (Å²) in [6.45, 7) is 4.47. The Balaban J connectivity index is 1.54. The van der Waals surface area contributed by atoms with Crippen LogP contribution in [0.15, 0.2) is 35.0 Å². The van der Waals surface area contributed by atoms with E-state index in [0.717, 1.165) is 24.1 Å². The number of hydrogen-bond acceptors (Lipinski definition) is 5. The molecule has 3 heterocycles. The van der Waals surface area contributed by atoms with E-state index in [1.54, 1.807) is 4.90 Å². The van der Waals surface area contributed by atoms with Gasteiger partial charge in [0.2, 0.25) is 0 Å². The van der Waals surface area contributed by atoms with Gasteiger partial charge in [0.05, 0.1) is 7.11 Å². The molecule has 0 aliphatic carbocycles. The summed E-state index contributed by atoms with van der Waals surface area (Å²) in [5.74, 6) is 0.408. The molecule has 1 aliphatic heterocycles. The summed E-state index contributed by atoms with van der Waals surface area (Å²) in [6, 6.07) is 6.18. The first kappa shape index (κ1) is 19.2. The molecule has 1 aromatic carbocycles. The molecule has 0 saturated carbocycles. The van der Waals surface area contributed by atoms with Gasteiger partial charge in [-0.05, 0) is 56.5 Å². The maximum Gasteiger partial charge on any atom is 0.274 e. The number of ether oxygens (including phenoxy) is 1. The lowest BCUT2D eigenvalue weighted by Gasteiger charge is -2.37.